The third kappa shape index (κ3) is 29.9. The van der Waals surface area contributed by atoms with Gasteiger partial charge in [0.05, 0.1) is 6.61 Å². The number of rotatable bonds is 29. The van der Waals surface area contributed by atoms with Crippen LogP contribution in [0.4, 0.5) is 0 Å². The van der Waals surface area contributed by atoms with Gasteiger partial charge >= 0.3 is 5.97 Å². The van der Waals surface area contributed by atoms with Gasteiger partial charge in [0, 0.05) is 6.42 Å². The summed E-state index contributed by atoms with van der Waals surface area (Å²) in [5.74, 6) is 3.24. The van der Waals surface area contributed by atoms with Gasteiger partial charge in [-0.15, -0.1) is 0 Å². The van der Waals surface area contributed by atoms with E-state index in [4.69, 9.17) is 4.74 Å². The monoisotopic (exact) mass is 561 g/mol. The number of unbranched alkanes of at least 4 members (excludes halogenated alkanes) is 8. The summed E-state index contributed by atoms with van der Waals surface area (Å²) in [7, 11) is 0. The zero-order valence-electron chi connectivity index (χ0n) is 28.2. The fourth-order valence-electron chi connectivity index (χ4n) is 5.46. The molecule has 0 saturated heterocycles. The summed E-state index contributed by atoms with van der Waals surface area (Å²) in [6.45, 7) is 14.7. The van der Waals surface area contributed by atoms with Crippen LogP contribution in [0.3, 0.4) is 0 Å². The molecule has 0 aromatic rings. The molecular formula is C38H72O2. The molecule has 0 aliphatic rings. The topological polar surface area (TPSA) is 26.3 Å². The molecule has 3 atom stereocenters. The SMILES string of the molecule is CCCCC/C=C\C/C=C\CCCCCCCC(=O)OCCC(C)CCCC(C)CCCC(C)CCCC(C)C. The van der Waals surface area contributed by atoms with Gasteiger partial charge in [-0.3, -0.25) is 4.79 Å². The van der Waals surface area contributed by atoms with Gasteiger partial charge in [0.15, 0.2) is 0 Å². The van der Waals surface area contributed by atoms with Crippen molar-refractivity contribution in [1.82, 2.24) is 0 Å². The molecule has 0 N–H and O–H groups in total. The van der Waals surface area contributed by atoms with Crippen molar-refractivity contribution in [2.75, 3.05) is 6.61 Å². The molecule has 0 bridgehead atoms. The minimum Gasteiger partial charge on any atom is -0.466 e. The molecule has 2 nitrogen and oxygen atoms in total. The highest BCUT2D eigenvalue weighted by molar-refractivity contribution is 5.69. The fourth-order valence-corrected chi connectivity index (χ4v) is 5.46. The molecule has 236 valence electrons. The predicted molar refractivity (Wildman–Crippen MR) is 179 cm³/mol. The van der Waals surface area contributed by atoms with Gasteiger partial charge in [-0.2, -0.15) is 0 Å². The van der Waals surface area contributed by atoms with Crippen LogP contribution >= 0.6 is 0 Å². The molecule has 0 radical (unpaired) electrons. The van der Waals surface area contributed by atoms with Crippen molar-refractivity contribution in [1.29, 1.82) is 0 Å². The third-order valence-corrected chi connectivity index (χ3v) is 8.47. The molecule has 0 amide bonds. The number of esters is 1. The molecular weight excluding hydrogens is 488 g/mol. The molecule has 0 aromatic heterocycles. The Balaban J connectivity index is 3.52. The minimum absolute atomic E-state index is 0.00457. The first-order chi connectivity index (χ1) is 19.3. The summed E-state index contributed by atoms with van der Waals surface area (Å²) in [6.07, 6.45) is 36.5. The van der Waals surface area contributed by atoms with Crippen LogP contribution < -0.4 is 0 Å². The average molecular weight is 561 g/mol. The fraction of sp³-hybridized carbons (Fsp3) is 0.868. The van der Waals surface area contributed by atoms with E-state index in [0.717, 1.165) is 43.4 Å². The number of carbonyl (C=O) groups is 1. The summed E-state index contributed by atoms with van der Waals surface area (Å²) in [6, 6.07) is 0. The van der Waals surface area contributed by atoms with Crippen molar-refractivity contribution in [3.05, 3.63) is 24.3 Å². The summed E-state index contributed by atoms with van der Waals surface area (Å²) >= 11 is 0. The predicted octanol–water partition coefficient (Wildman–Crippen LogP) is 12.8. The van der Waals surface area contributed by atoms with Crippen molar-refractivity contribution >= 4 is 5.97 Å². The van der Waals surface area contributed by atoms with Gasteiger partial charge in [0.2, 0.25) is 0 Å². The number of ether oxygens (including phenoxy) is 1. The Bertz CT molecular complexity index is 590. The van der Waals surface area contributed by atoms with E-state index in [1.807, 2.05) is 0 Å². The largest absolute Gasteiger partial charge is 0.466 e. The Hall–Kier alpha value is -1.05. The van der Waals surface area contributed by atoms with Crippen LogP contribution in [0.25, 0.3) is 0 Å². The van der Waals surface area contributed by atoms with Gasteiger partial charge in [0.1, 0.15) is 0 Å². The normalized spacial score (nSPS) is 14.4. The van der Waals surface area contributed by atoms with Crippen LogP contribution in [0.2, 0.25) is 0 Å². The molecule has 0 aliphatic heterocycles. The summed E-state index contributed by atoms with van der Waals surface area (Å²) in [4.78, 5) is 12.1. The lowest BCUT2D eigenvalue weighted by molar-refractivity contribution is -0.144. The van der Waals surface area contributed by atoms with Crippen LogP contribution in [-0.2, 0) is 9.53 Å². The Morgan fingerprint density at radius 1 is 0.550 bits per heavy atom. The molecule has 2 heteroatoms. The third-order valence-electron chi connectivity index (χ3n) is 8.47. The number of hydrogen-bond acceptors (Lipinski definition) is 2. The highest BCUT2D eigenvalue weighted by atomic mass is 16.5. The molecule has 0 saturated carbocycles. The summed E-state index contributed by atoms with van der Waals surface area (Å²) in [5, 5.41) is 0. The Morgan fingerprint density at radius 3 is 1.57 bits per heavy atom. The minimum atomic E-state index is 0.00457. The van der Waals surface area contributed by atoms with Gasteiger partial charge in [0.25, 0.3) is 0 Å². The second kappa shape index (κ2) is 29.4. The van der Waals surface area contributed by atoms with E-state index in [0.29, 0.717) is 18.9 Å². The standard InChI is InChI=1S/C38H72O2/c1-7-8-9-10-11-12-13-14-15-16-17-18-19-20-21-31-38(39)40-33-32-37(6)30-24-29-36(5)28-23-27-35(4)26-22-25-34(2)3/h11-12,14-15,34-37H,7-10,13,16-33H2,1-6H3/b12-11-,15-14-. The van der Waals surface area contributed by atoms with E-state index in [-0.39, 0.29) is 5.97 Å². The van der Waals surface area contributed by atoms with Crippen molar-refractivity contribution in [2.24, 2.45) is 23.7 Å². The van der Waals surface area contributed by atoms with Crippen LogP contribution in [0, 0.1) is 23.7 Å². The highest BCUT2D eigenvalue weighted by Gasteiger charge is 2.09. The van der Waals surface area contributed by atoms with Crippen molar-refractivity contribution in [3.8, 4) is 0 Å². The molecule has 0 heterocycles. The second-order valence-electron chi connectivity index (χ2n) is 13.5. The van der Waals surface area contributed by atoms with E-state index < -0.39 is 0 Å². The van der Waals surface area contributed by atoms with Gasteiger partial charge in [-0.25, -0.2) is 0 Å². The maximum Gasteiger partial charge on any atom is 0.305 e. The lowest BCUT2D eigenvalue weighted by atomic mass is 9.91. The van der Waals surface area contributed by atoms with E-state index in [1.165, 1.54) is 109 Å². The highest BCUT2D eigenvalue weighted by Crippen LogP contribution is 2.22. The van der Waals surface area contributed by atoms with Crippen LogP contribution in [0.5, 0.6) is 0 Å². The average Bonchev–Trinajstić information content (AvgIpc) is 2.90. The molecule has 3 unspecified atom stereocenters. The van der Waals surface area contributed by atoms with Crippen molar-refractivity contribution < 1.29 is 9.53 Å². The molecule has 0 spiro atoms. The smallest absolute Gasteiger partial charge is 0.305 e. The Kier molecular flexibility index (Phi) is 28.7. The van der Waals surface area contributed by atoms with E-state index in [9.17, 15) is 4.79 Å². The number of allylic oxidation sites excluding steroid dienone is 4. The summed E-state index contributed by atoms with van der Waals surface area (Å²) in [5.41, 5.74) is 0. The quantitative estimate of drug-likeness (QED) is 0.0516. The first-order valence-corrected chi connectivity index (χ1v) is 17.8. The maximum absolute atomic E-state index is 12.1. The molecule has 0 aromatic carbocycles. The Labute approximate surface area is 252 Å². The van der Waals surface area contributed by atoms with Gasteiger partial charge in [-0.05, 0) is 68.6 Å². The van der Waals surface area contributed by atoms with Crippen LogP contribution in [-0.4, -0.2) is 12.6 Å². The van der Waals surface area contributed by atoms with E-state index in [2.05, 4.69) is 65.8 Å². The Morgan fingerprint density at radius 2 is 1.02 bits per heavy atom. The number of carbonyl (C=O) groups excluding carboxylic acids is 1. The van der Waals surface area contributed by atoms with Crippen molar-refractivity contribution in [3.63, 3.8) is 0 Å². The van der Waals surface area contributed by atoms with Gasteiger partial charge in [-0.1, -0.05) is 156 Å². The molecule has 0 fully saturated rings. The van der Waals surface area contributed by atoms with Crippen LogP contribution in [0.1, 0.15) is 183 Å². The summed E-state index contributed by atoms with van der Waals surface area (Å²) < 4.78 is 5.52. The zero-order valence-corrected chi connectivity index (χ0v) is 28.2. The first-order valence-electron chi connectivity index (χ1n) is 17.8. The molecule has 0 rings (SSSR count). The molecule has 40 heavy (non-hydrogen) atoms. The van der Waals surface area contributed by atoms with Crippen LogP contribution in [0.15, 0.2) is 24.3 Å². The van der Waals surface area contributed by atoms with E-state index >= 15 is 0 Å². The lowest BCUT2D eigenvalue weighted by Crippen LogP contribution is -2.09. The lowest BCUT2D eigenvalue weighted by Gasteiger charge is -2.16. The molecule has 0 aliphatic carbocycles. The number of hydrogen-bond donors (Lipinski definition) is 0. The maximum atomic E-state index is 12.1. The van der Waals surface area contributed by atoms with Crippen molar-refractivity contribution in [2.45, 2.75) is 183 Å². The van der Waals surface area contributed by atoms with E-state index in [1.54, 1.807) is 0 Å². The first kappa shape index (κ1) is 39.0. The second-order valence-corrected chi connectivity index (χ2v) is 13.5. The zero-order chi connectivity index (χ0) is 29.7. The van der Waals surface area contributed by atoms with Gasteiger partial charge < -0.3 is 4.74 Å².